The molecule has 10 heteroatoms. The molecule has 1 saturated heterocycles. The van der Waals surface area contributed by atoms with E-state index in [1.54, 1.807) is 41.9 Å². The van der Waals surface area contributed by atoms with Gasteiger partial charge in [-0.2, -0.15) is 0 Å². The molecule has 1 aliphatic carbocycles. The molecule has 1 unspecified atom stereocenters. The molecule has 1 aromatic heterocycles. The molecule has 2 aliphatic rings. The van der Waals surface area contributed by atoms with Crippen molar-refractivity contribution in [1.82, 2.24) is 20.5 Å². The number of aromatic nitrogens is 1. The summed E-state index contributed by atoms with van der Waals surface area (Å²) in [5.74, 6) is -0.347. The van der Waals surface area contributed by atoms with Gasteiger partial charge in [0.05, 0.1) is 18.1 Å². The van der Waals surface area contributed by atoms with Crippen LogP contribution in [0.5, 0.6) is 5.75 Å². The van der Waals surface area contributed by atoms with Crippen LogP contribution in [0.3, 0.4) is 0 Å². The van der Waals surface area contributed by atoms with Gasteiger partial charge < -0.3 is 15.5 Å². The molecule has 1 saturated carbocycles. The van der Waals surface area contributed by atoms with Gasteiger partial charge in [-0.1, -0.05) is 50.7 Å². The lowest BCUT2D eigenvalue weighted by Crippen LogP contribution is -2.45. The number of hydrogen-bond acceptors (Lipinski definition) is 7. The number of ketones is 1. The average molecular weight is 521 g/mol. The molecule has 0 radical (unpaired) electrons. The average Bonchev–Trinajstić information content (AvgIpc) is 3.67. The minimum atomic E-state index is -0.253. The Balaban J connectivity index is 0.000000207. The van der Waals surface area contributed by atoms with Crippen LogP contribution in [0.15, 0.2) is 35.2 Å². The standard InChI is InChI=1S/C10H6FNO2S.C10H19N3O2.C6H12/c11-14-8-3-1-2-7(4-8)10(13)9-5-15-6-12-9;1-8(11-2)10(15)12-7-9(14)13-5-3-4-6-13;1-2-4-6-5-3-1/h1-6H;8,11H,3-7H2,1-2H3,(H,12,15);1-6H2. The van der Waals surface area contributed by atoms with Crippen LogP contribution in [-0.2, 0) is 9.59 Å². The summed E-state index contributed by atoms with van der Waals surface area (Å²) in [6, 6.07) is 5.65. The topological polar surface area (TPSA) is 101 Å². The number of carbonyl (C=O) groups excluding carboxylic acids is 3. The number of hydrogen-bond donors (Lipinski definition) is 2. The largest absolute Gasteiger partial charge is 0.346 e. The van der Waals surface area contributed by atoms with Gasteiger partial charge in [0.15, 0.2) is 5.75 Å². The zero-order valence-electron chi connectivity index (χ0n) is 21.1. The fraction of sp³-hybridized carbons (Fsp3) is 0.538. The summed E-state index contributed by atoms with van der Waals surface area (Å²) >= 11 is 1.34. The Morgan fingerprint density at radius 3 is 2.25 bits per heavy atom. The highest BCUT2D eigenvalue weighted by Crippen LogP contribution is 2.17. The van der Waals surface area contributed by atoms with E-state index in [-0.39, 0.29) is 35.9 Å². The molecule has 2 amide bonds. The maximum atomic E-state index is 11.9. The van der Waals surface area contributed by atoms with E-state index in [0.29, 0.717) is 11.3 Å². The third-order valence-electron chi connectivity index (χ3n) is 6.05. The molecule has 4 rings (SSSR count). The fourth-order valence-electron chi connectivity index (χ4n) is 3.74. The minimum Gasteiger partial charge on any atom is -0.346 e. The number of benzene rings is 1. The van der Waals surface area contributed by atoms with E-state index in [4.69, 9.17) is 0 Å². The highest BCUT2D eigenvalue weighted by Gasteiger charge is 2.19. The van der Waals surface area contributed by atoms with E-state index in [9.17, 15) is 18.9 Å². The summed E-state index contributed by atoms with van der Waals surface area (Å²) in [5, 5.41) is 7.08. The Morgan fingerprint density at radius 1 is 1.08 bits per heavy atom. The van der Waals surface area contributed by atoms with E-state index >= 15 is 0 Å². The summed E-state index contributed by atoms with van der Waals surface area (Å²) < 4.78 is 11.9. The van der Waals surface area contributed by atoms with Crippen LogP contribution < -0.4 is 15.6 Å². The van der Waals surface area contributed by atoms with Crippen molar-refractivity contribution < 1.29 is 23.9 Å². The maximum Gasteiger partial charge on any atom is 0.241 e. The number of rotatable bonds is 7. The van der Waals surface area contributed by atoms with Crippen molar-refractivity contribution in [1.29, 1.82) is 0 Å². The normalized spacial score (nSPS) is 15.5. The van der Waals surface area contributed by atoms with E-state index in [2.05, 4.69) is 20.6 Å². The van der Waals surface area contributed by atoms with Crippen molar-refractivity contribution in [3.05, 3.63) is 46.4 Å². The highest BCUT2D eigenvalue weighted by atomic mass is 32.1. The molecule has 1 aromatic carbocycles. The van der Waals surface area contributed by atoms with Gasteiger partial charge in [-0.3, -0.25) is 19.3 Å². The zero-order chi connectivity index (χ0) is 26.2. The van der Waals surface area contributed by atoms with Gasteiger partial charge in [-0.15, -0.1) is 11.3 Å². The monoisotopic (exact) mass is 520 g/mol. The van der Waals surface area contributed by atoms with Crippen LogP contribution in [0.4, 0.5) is 4.53 Å². The number of thiazole rings is 1. The van der Waals surface area contributed by atoms with Crippen LogP contribution in [0.1, 0.15) is 74.3 Å². The van der Waals surface area contributed by atoms with Gasteiger partial charge in [0.25, 0.3) is 0 Å². The molecular formula is C26H37FN4O4S. The van der Waals surface area contributed by atoms with Crippen LogP contribution in [-0.4, -0.2) is 60.2 Å². The van der Waals surface area contributed by atoms with Gasteiger partial charge >= 0.3 is 0 Å². The Bertz CT molecular complexity index is 920. The summed E-state index contributed by atoms with van der Waals surface area (Å²) in [5.41, 5.74) is 2.29. The van der Waals surface area contributed by atoms with Crippen molar-refractivity contribution >= 4 is 28.9 Å². The summed E-state index contributed by atoms with van der Waals surface area (Å²) in [6.07, 6.45) is 11.2. The second kappa shape index (κ2) is 16.8. The molecule has 198 valence electrons. The Labute approximate surface area is 216 Å². The lowest BCUT2D eigenvalue weighted by Gasteiger charge is -2.16. The third kappa shape index (κ3) is 10.4. The first-order chi connectivity index (χ1) is 17.5. The predicted octanol–water partition coefficient (Wildman–Crippen LogP) is 4.31. The van der Waals surface area contributed by atoms with Gasteiger partial charge in [-0.05, 0) is 38.9 Å². The van der Waals surface area contributed by atoms with Crippen LogP contribution in [0.25, 0.3) is 0 Å². The van der Waals surface area contributed by atoms with Crippen LogP contribution in [0, 0.1) is 0 Å². The number of nitrogens with zero attached hydrogens (tertiary/aromatic N) is 2. The molecule has 1 aliphatic heterocycles. The molecular weight excluding hydrogens is 483 g/mol. The number of amides is 2. The van der Waals surface area contributed by atoms with Crippen molar-refractivity contribution in [3.8, 4) is 5.75 Å². The molecule has 2 fully saturated rings. The number of likely N-dealkylation sites (N-methyl/N-ethyl adjacent to an activating group) is 1. The second-order valence-corrected chi connectivity index (χ2v) is 9.46. The van der Waals surface area contributed by atoms with E-state index in [1.165, 1.54) is 62.0 Å². The first-order valence-electron chi connectivity index (χ1n) is 12.5. The summed E-state index contributed by atoms with van der Waals surface area (Å²) in [7, 11) is 1.71. The first kappa shape index (κ1) is 29.4. The molecule has 2 N–H and O–H groups in total. The van der Waals surface area contributed by atoms with Crippen LogP contribution in [0.2, 0.25) is 0 Å². The number of halogens is 1. The lowest BCUT2D eigenvalue weighted by molar-refractivity contribution is -0.132. The van der Waals surface area contributed by atoms with E-state index < -0.39 is 0 Å². The smallest absolute Gasteiger partial charge is 0.241 e. The molecule has 36 heavy (non-hydrogen) atoms. The van der Waals surface area contributed by atoms with E-state index in [1.807, 2.05) is 0 Å². The van der Waals surface area contributed by atoms with Crippen molar-refractivity contribution in [2.45, 2.75) is 64.3 Å². The molecule has 1 atom stereocenters. The molecule has 2 heterocycles. The van der Waals surface area contributed by atoms with Gasteiger partial charge in [0, 0.05) is 28.6 Å². The molecule has 0 bridgehead atoms. The Kier molecular flexibility index (Phi) is 13.7. The van der Waals surface area contributed by atoms with Crippen molar-refractivity contribution in [2.24, 2.45) is 0 Å². The summed E-state index contributed by atoms with van der Waals surface area (Å²) in [4.78, 5) is 43.9. The molecule has 0 spiro atoms. The second-order valence-electron chi connectivity index (χ2n) is 8.75. The third-order valence-corrected chi connectivity index (χ3v) is 6.64. The minimum absolute atomic E-state index is 0.0103. The maximum absolute atomic E-state index is 11.9. The Hall–Kier alpha value is -2.85. The lowest BCUT2D eigenvalue weighted by atomic mass is 10.0. The van der Waals surface area contributed by atoms with Crippen molar-refractivity contribution in [2.75, 3.05) is 26.7 Å². The molecule has 8 nitrogen and oxygen atoms in total. The summed E-state index contributed by atoms with van der Waals surface area (Å²) in [6.45, 7) is 3.53. The quantitative estimate of drug-likeness (QED) is 0.528. The number of nitrogens with one attached hydrogen (secondary N) is 2. The number of likely N-dealkylation sites (tertiary alicyclic amines) is 1. The predicted molar refractivity (Wildman–Crippen MR) is 139 cm³/mol. The first-order valence-corrected chi connectivity index (χ1v) is 13.4. The van der Waals surface area contributed by atoms with E-state index in [0.717, 1.165) is 25.9 Å². The van der Waals surface area contributed by atoms with Gasteiger partial charge in [0.2, 0.25) is 17.6 Å². The van der Waals surface area contributed by atoms with Gasteiger partial charge in [-0.25, -0.2) is 4.98 Å². The van der Waals surface area contributed by atoms with Crippen LogP contribution >= 0.6 is 11.3 Å². The number of carbonyl (C=O) groups is 3. The Morgan fingerprint density at radius 2 is 1.72 bits per heavy atom. The SMILES string of the molecule is C1CCCCC1.CNC(C)C(=O)NCC(=O)N1CCCC1.O=C(c1cccc(OF)c1)c1cscn1. The fourth-order valence-corrected chi connectivity index (χ4v) is 4.28. The zero-order valence-corrected chi connectivity index (χ0v) is 21.9. The highest BCUT2D eigenvalue weighted by molar-refractivity contribution is 7.07. The van der Waals surface area contributed by atoms with Crippen molar-refractivity contribution in [3.63, 3.8) is 0 Å². The van der Waals surface area contributed by atoms with Gasteiger partial charge in [0.1, 0.15) is 5.69 Å². The molecule has 2 aromatic rings.